The Morgan fingerprint density at radius 1 is 0.439 bits per heavy atom. The third-order valence-electron chi connectivity index (χ3n) is 19.4. The van der Waals surface area contributed by atoms with Crippen molar-refractivity contribution < 1.29 is 38.2 Å². The number of aryl methyl sites for hydroxylation is 2. The van der Waals surface area contributed by atoms with Crippen molar-refractivity contribution in [2.45, 2.75) is 113 Å². The van der Waals surface area contributed by atoms with Gasteiger partial charge in [-0.25, -0.2) is 4.79 Å². The van der Waals surface area contributed by atoms with Gasteiger partial charge in [-0.15, -0.1) is 0 Å². The number of ether oxygens (including phenoxy) is 4. The van der Waals surface area contributed by atoms with Gasteiger partial charge in [-0.3, -0.25) is 15.0 Å². The molecule has 0 bridgehead atoms. The van der Waals surface area contributed by atoms with E-state index in [1.165, 1.54) is 13.3 Å². The summed E-state index contributed by atoms with van der Waals surface area (Å²) in [6, 6.07) is 64.2. The normalized spacial score (nSPS) is 12.5. The zero-order chi connectivity index (χ0) is 68.2. The molecule has 0 fully saturated rings. The number of rotatable bonds is 32. The molecule has 0 aliphatic heterocycles. The maximum Gasteiger partial charge on any atom is 0.332 e. The van der Waals surface area contributed by atoms with Crippen molar-refractivity contribution in [2.24, 2.45) is 17.0 Å². The Kier molecular flexibility index (Phi) is 21.8. The second-order valence-corrected chi connectivity index (χ2v) is 25.9. The SMILES string of the molecule is CCCCC(CC)Cn1c2ccc(C(=N)c3ccccc3C)cc2c2cc(C(=O)c3c(OCCOCCOCCOc4ccc5ccccc5c4C(=O)c4ccc5c(c4)c4cc(C(=NOC(C)=O)c6ccccc6C)ccc4n5CC(CC)CCCC)ccc4ccccc34)ccc21. The molecule has 12 nitrogen and oxygen atoms in total. The number of nitrogens with one attached hydrogen (secondary N) is 1. The van der Waals surface area contributed by atoms with Crippen molar-refractivity contribution in [1.29, 1.82) is 5.41 Å². The van der Waals surface area contributed by atoms with Crippen LogP contribution in [0, 0.1) is 31.1 Å². The van der Waals surface area contributed by atoms with Gasteiger partial charge in [-0.2, -0.15) is 0 Å². The number of carbonyl (C=O) groups excluding carboxylic acids is 3. The minimum Gasteiger partial charge on any atom is -0.490 e. The van der Waals surface area contributed by atoms with E-state index >= 15 is 9.59 Å². The van der Waals surface area contributed by atoms with Crippen LogP contribution in [0.2, 0.25) is 0 Å². The molecular formula is C86H88N4O8. The number of unbranched alkanes of at least 4 members (excludes halogenated alkanes) is 2. The maximum atomic E-state index is 15.3. The summed E-state index contributed by atoms with van der Waals surface area (Å²) >= 11 is 0. The highest BCUT2D eigenvalue weighted by atomic mass is 16.7. The highest BCUT2D eigenvalue weighted by molar-refractivity contribution is 6.23. The molecule has 1 N–H and O–H groups in total. The lowest BCUT2D eigenvalue weighted by Gasteiger charge is -2.18. The molecule has 2 atom stereocenters. The van der Waals surface area contributed by atoms with E-state index in [-0.39, 0.29) is 38.0 Å². The van der Waals surface area contributed by atoms with Gasteiger partial charge in [0.2, 0.25) is 0 Å². The van der Waals surface area contributed by atoms with Crippen LogP contribution in [0.25, 0.3) is 65.2 Å². The Balaban J connectivity index is 0.729. The van der Waals surface area contributed by atoms with E-state index in [0.29, 0.717) is 70.2 Å². The number of hydrogen-bond donors (Lipinski definition) is 1. The maximum absolute atomic E-state index is 15.3. The molecule has 0 aliphatic rings. The Hall–Kier alpha value is -10.0. The molecule has 0 saturated heterocycles. The molecule has 0 spiro atoms. The average molecular weight is 1310 g/mol. The van der Waals surface area contributed by atoms with Crippen molar-refractivity contribution in [3.8, 4) is 11.5 Å². The number of benzene rings is 10. The van der Waals surface area contributed by atoms with E-state index in [1.54, 1.807) is 0 Å². The van der Waals surface area contributed by atoms with Crippen molar-refractivity contribution in [1.82, 2.24) is 9.13 Å². The number of carbonyl (C=O) groups is 3. The van der Waals surface area contributed by atoms with E-state index in [4.69, 9.17) is 23.8 Å². The fourth-order valence-corrected chi connectivity index (χ4v) is 14.0. The molecule has 12 rings (SSSR count). The number of ketones is 2. The lowest BCUT2D eigenvalue weighted by atomic mass is 9.94. The summed E-state index contributed by atoms with van der Waals surface area (Å²) in [5, 5.41) is 21.1. The monoisotopic (exact) mass is 1300 g/mol. The molecule has 12 aromatic rings. The van der Waals surface area contributed by atoms with E-state index in [2.05, 4.69) is 84.4 Å². The van der Waals surface area contributed by atoms with Crippen LogP contribution in [-0.4, -0.2) is 77.7 Å². The first-order valence-electron chi connectivity index (χ1n) is 35.0. The van der Waals surface area contributed by atoms with Crippen molar-refractivity contribution in [3.05, 3.63) is 250 Å². The van der Waals surface area contributed by atoms with Gasteiger partial charge in [0.1, 0.15) is 30.4 Å². The van der Waals surface area contributed by atoms with Crippen LogP contribution in [0.1, 0.15) is 151 Å². The summed E-state index contributed by atoms with van der Waals surface area (Å²) in [4.78, 5) is 47.9. The Morgan fingerprint density at radius 3 is 1.29 bits per heavy atom. The van der Waals surface area contributed by atoms with E-state index < -0.39 is 5.97 Å². The first-order valence-corrected chi connectivity index (χ1v) is 35.0. The topological polar surface area (TPSA) is 143 Å². The molecule has 0 amide bonds. The van der Waals surface area contributed by atoms with Crippen LogP contribution in [-0.2, 0) is 32.2 Å². The minimum absolute atomic E-state index is 0.136. The van der Waals surface area contributed by atoms with E-state index in [0.717, 1.165) is 157 Å². The van der Waals surface area contributed by atoms with Crippen LogP contribution in [0.15, 0.2) is 199 Å². The number of aromatic nitrogens is 2. The summed E-state index contributed by atoms with van der Waals surface area (Å²) in [6.45, 7) is 17.6. The molecule has 500 valence electrons. The number of fused-ring (bicyclic) bond motifs is 8. The van der Waals surface area contributed by atoms with Crippen molar-refractivity contribution in [2.75, 3.05) is 39.6 Å². The predicted octanol–water partition coefficient (Wildman–Crippen LogP) is 19.9. The third kappa shape index (κ3) is 14.6. The second kappa shape index (κ2) is 31.5. The first kappa shape index (κ1) is 67.9. The number of hydrogen-bond acceptors (Lipinski definition) is 10. The zero-order valence-electron chi connectivity index (χ0n) is 57.6. The van der Waals surface area contributed by atoms with Crippen LogP contribution < -0.4 is 9.47 Å². The molecule has 0 saturated carbocycles. The lowest BCUT2D eigenvalue weighted by molar-refractivity contribution is -0.140. The smallest absolute Gasteiger partial charge is 0.332 e. The molecule has 98 heavy (non-hydrogen) atoms. The van der Waals surface area contributed by atoms with E-state index in [9.17, 15) is 10.2 Å². The zero-order valence-corrected chi connectivity index (χ0v) is 57.6. The summed E-state index contributed by atoms with van der Waals surface area (Å²) in [7, 11) is 0. The molecule has 12 heteroatoms. The van der Waals surface area contributed by atoms with E-state index in [1.807, 2.05) is 166 Å². The van der Waals surface area contributed by atoms with Gasteiger partial charge in [-0.05, 0) is 144 Å². The molecule has 2 heterocycles. The Labute approximate surface area is 574 Å². The van der Waals surface area contributed by atoms with Crippen molar-refractivity contribution >= 4 is 94.1 Å². The minimum atomic E-state index is -0.509. The van der Waals surface area contributed by atoms with Gasteiger partial charge in [0.05, 0.1) is 43.3 Å². The summed E-state index contributed by atoms with van der Waals surface area (Å²) in [6.07, 6.45) is 8.98. The molecule has 0 aliphatic carbocycles. The summed E-state index contributed by atoms with van der Waals surface area (Å²) in [5.41, 5.74) is 12.7. The Bertz CT molecular complexity index is 4960. The second-order valence-electron chi connectivity index (χ2n) is 25.9. The fraction of sp³-hybridized carbons (Fsp3) is 0.291. The van der Waals surface area contributed by atoms with Crippen LogP contribution in [0.4, 0.5) is 0 Å². The largest absolute Gasteiger partial charge is 0.490 e. The van der Waals surface area contributed by atoms with Gasteiger partial charge >= 0.3 is 5.97 Å². The standard InChI is InChI=1S/C86H88N4O8/c1-8-12-24-59(10-3)54-89-75-38-32-63(83(87)67-28-18-14-22-56(67)5)50-71(75)73-52-65(34-40-77(73)89)85(92)81-69-30-20-16-26-61(69)36-42-79(81)96-48-46-94-44-45-95-47-49-97-80-43-37-62-27-17-21-31-70(62)82(80)86(93)66-35-41-78-74(53-66)72-51-64(33-39-76(72)90(78)55-60(11-4)25-13-9-2)84(88-98-58(7)91)68-29-19-15-23-57(68)6/h14-23,26-43,50-53,59-60,87H,8-13,24-25,44-49,54-55H2,1-7H3. The summed E-state index contributed by atoms with van der Waals surface area (Å²) < 4.78 is 29.8. The van der Waals surface area contributed by atoms with Crippen molar-refractivity contribution in [3.63, 3.8) is 0 Å². The number of nitrogens with zero attached hydrogens (tertiary/aromatic N) is 3. The van der Waals surface area contributed by atoms with Crippen LogP contribution in [0.5, 0.6) is 11.5 Å². The highest BCUT2D eigenvalue weighted by Crippen LogP contribution is 2.39. The highest BCUT2D eigenvalue weighted by Gasteiger charge is 2.26. The quantitative estimate of drug-likeness (QED) is 0.0144. The van der Waals surface area contributed by atoms with Gasteiger partial charge in [0.15, 0.2) is 11.6 Å². The number of oxime groups is 1. The van der Waals surface area contributed by atoms with Crippen LogP contribution >= 0.6 is 0 Å². The molecule has 2 aromatic heterocycles. The fourth-order valence-electron chi connectivity index (χ4n) is 14.0. The van der Waals surface area contributed by atoms with Gasteiger partial charge in [0.25, 0.3) is 0 Å². The van der Waals surface area contributed by atoms with Crippen LogP contribution in [0.3, 0.4) is 0 Å². The average Bonchev–Trinajstić information content (AvgIpc) is 1.55. The van der Waals surface area contributed by atoms with Gasteiger partial charge < -0.3 is 32.9 Å². The molecule has 2 unspecified atom stereocenters. The molecular weight excluding hydrogens is 1220 g/mol. The van der Waals surface area contributed by atoms with Gasteiger partial charge in [0, 0.05) is 97.0 Å². The predicted molar refractivity (Wildman–Crippen MR) is 399 cm³/mol. The van der Waals surface area contributed by atoms with Gasteiger partial charge in [-0.1, -0.05) is 193 Å². The first-order chi connectivity index (χ1) is 47.9. The molecule has 0 radical (unpaired) electrons. The summed E-state index contributed by atoms with van der Waals surface area (Å²) in [5.74, 6) is 1.10. The third-order valence-corrected chi connectivity index (χ3v) is 19.4. The lowest BCUT2D eigenvalue weighted by Crippen LogP contribution is -2.15. The molecule has 10 aromatic carbocycles. The Morgan fingerprint density at radius 2 is 0.837 bits per heavy atom.